The van der Waals surface area contributed by atoms with E-state index < -0.39 is 0 Å². The van der Waals surface area contributed by atoms with Crippen LogP contribution in [0.5, 0.6) is 11.5 Å². The molecule has 0 radical (unpaired) electrons. The van der Waals surface area contributed by atoms with Gasteiger partial charge in [0.2, 0.25) is 0 Å². The maximum Gasteiger partial charge on any atom is 0.160 e. The summed E-state index contributed by atoms with van der Waals surface area (Å²) >= 11 is 0. The SMILES string of the molecule is COc1ccc(C[C@@H]2N[C@@H]3CCCCC[C@H]3c3c2[nH]c2ccc(C)cc32)cc1OC. The Hall–Kier alpha value is -2.46. The normalized spacial score (nSPS) is 23.5. The smallest absolute Gasteiger partial charge is 0.160 e. The van der Waals surface area contributed by atoms with Crippen molar-refractivity contribution >= 4 is 10.9 Å². The summed E-state index contributed by atoms with van der Waals surface area (Å²) in [5.41, 5.74) is 6.83. The number of aryl methyl sites for hydroxylation is 1. The Morgan fingerprint density at radius 1 is 0.933 bits per heavy atom. The van der Waals surface area contributed by atoms with Gasteiger partial charge in [0.05, 0.1) is 20.3 Å². The van der Waals surface area contributed by atoms with Crippen molar-refractivity contribution in [3.05, 3.63) is 58.8 Å². The summed E-state index contributed by atoms with van der Waals surface area (Å²) in [5.74, 6) is 2.19. The number of aromatic nitrogens is 1. The van der Waals surface area contributed by atoms with Crippen LogP contribution in [0.2, 0.25) is 0 Å². The van der Waals surface area contributed by atoms with E-state index in [0.29, 0.717) is 12.0 Å². The number of methoxy groups -OCH3 is 2. The summed E-state index contributed by atoms with van der Waals surface area (Å²) in [6.45, 7) is 2.20. The number of H-pyrrole nitrogens is 1. The minimum Gasteiger partial charge on any atom is -0.493 e. The van der Waals surface area contributed by atoms with Crippen LogP contribution < -0.4 is 14.8 Å². The maximum absolute atomic E-state index is 5.55. The first-order valence-electron chi connectivity index (χ1n) is 11.3. The standard InChI is InChI=1S/C26H32N2O2/c1-16-9-11-21-19(13-16)25-18-7-5-4-6-8-20(18)27-22(26(25)28-21)14-17-10-12-23(29-2)24(15-17)30-3/h9-13,15,18,20,22,27-28H,4-8,14H2,1-3H3/t18-,20-,22+/m1/s1. The van der Waals surface area contributed by atoms with Gasteiger partial charge in [0.1, 0.15) is 0 Å². The summed E-state index contributed by atoms with van der Waals surface area (Å²) < 4.78 is 11.0. The molecule has 158 valence electrons. The molecule has 0 unspecified atom stereocenters. The Bertz CT molecular complexity index is 1050. The number of aromatic amines is 1. The largest absolute Gasteiger partial charge is 0.493 e. The fourth-order valence-electron chi connectivity index (χ4n) is 5.62. The third-order valence-corrected chi connectivity index (χ3v) is 7.06. The van der Waals surface area contributed by atoms with Crippen molar-refractivity contribution in [2.24, 2.45) is 0 Å². The van der Waals surface area contributed by atoms with Gasteiger partial charge in [-0.25, -0.2) is 0 Å². The number of nitrogens with one attached hydrogen (secondary N) is 2. The fourth-order valence-corrected chi connectivity index (χ4v) is 5.62. The van der Waals surface area contributed by atoms with Crippen LogP contribution in [-0.2, 0) is 6.42 Å². The highest BCUT2D eigenvalue weighted by Crippen LogP contribution is 2.45. The first-order valence-corrected chi connectivity index (χ1v) is 11.3. The quantitative estimate of drug-likeness (QED) is 0.578. The van der Waals surface area contributed by atoms with E-state index in [-0.39, 0.29) is 6.04 Å². The Morgan fingerprint density at radius 3 is 2.60 bits per heavy atom. The Balaban J connectivity index is 1.57. The van der Waals surface area contributed by atoms with Gasteiger partial charge in [-0.1, -0.05) is 37.0 Å². The van der Waals surface area contributed by atoms with Crippen LogP contribution in [0.25, 0.3) is 10.9 Å². The summed E-state index contributed by atoms with van der Waals surface area (Å²) in [6.07, 6.45) is 7.50. The molecule has 0 amide bonds. The number of hydrogen-bond donors (Lipinski definition) is 2. The van der Waals surface area contributed by atoms with Gasteiger partial charge in [-0.15, -0.1) is 0 Å². The summed E-state index contributed by atoms with van der Waals surface area (Å²) in [5, 5.41) is 5.47. The minimum atomic E-state index is 0.283. The molecular weight excluding hydrogens is 372 g/mol. The summed E-state index contributed by atoms with van der Waals surface area (Å²) in [7, 11) is 3.39. The van der Waals surface area contributed by atoms with E-state index >= 15 is 0 Å². The Kier molecular flexibility index (Phi) is 5.20. The Labute approximate surface area is 179 Å². The predicted octanol–water partition coefficient (Wildman–Crippen LogP) is 5.80. The molecule has 2 aromatic carbocycles. The second kappa shape index (κ2) is 7.99. The molecule has 1 aromatic heterocycles. The molecule has 5 rings (SSSR count). The lowest BCUT2D eigenvalue weighted by molar-refractivity contribution is 0.329. The third kappa shape index (κ3) is 3.37. The van der Waals surface area contributed by atoms with Gasteiger partial charge in [-0.05, 0) is 61.6 Å². The van der Waals surface area contributed by atoms with Crippen molar-refractivity contribution in [3.63, 3.8) is 0 Å². The van der Waals surface area contributed by atoms with Crippen molar-refractivity contribution < 1.29 is 9.47 Å². The van der Waals surface area contributed by atoms with E-state index in [9.17, 15) is 0 Å². The summed E-state index contributed by atoms with van der Waals surface area (Å²) in [4.78, 5) is 3.80. The molecule has 3 atom stereocenters. The van der Waals surface area contributed by atoms with Crippen LogP contribution >= 0.6 is 0 Å². The molecule has 30 heavy (non-hydrogen) atoms. The van der Waals surface area contributed by atoms with Gasteiger partial charge in [-0.3, -0.25) is 0 Å². The minimum absolute atomic E-state index is 0.283. The van der Waals surface area contributed by atoms with Crippen LogP contribution in [0.3, 0.4) is 0 Å². The first kappa shape index (κ1) is 19.5. The lowest BCUT2D eigenvalue weighted by atomic mass is 9.79. The molecule has 2 N–H and O–H groups in total. The van der Waals surface area contributed by atoms with Gasteiger partial charge in [0.25, 0.3) is 0 Å². The Morgan fingerprint density at radius 2 is 1.77 bits per heavy atom. The topological polar surface area (TPSA) is 46.3 Å². The molecule has 0 bridgehead atoms. The van der Waals surface area contributed by atoms with Gasteiger partial charge >= 0.3 is 0 Å². The lowest BCUT2D eigenvalue weighted by Gasteiger charge is -2.37. The molecule has 0 saturated heterocycles. The fraction of sp³-hybridized carbons (Fsp3) is 0.462. The third-order valence-electron chi connectivity index (χ3n) is 7.06. The molecule has 1 aliphatic heterocycles. The number of hydrogen-bond acceptors (Lipinski definition) is 3. The van der Waals surface area contributed by atoms with Gasteiger partial charge in [-0.2, -0.15) is 0 Å². The summed E-state index contributed by atoms with van der Waals surface area (Å²) in [6, 6.07) is 14.0. The second-order valence-electron chi connectivity index (χ2n) is 8.97. The van der Waals surface area contributed by atoms with Crippen LogP contribution in [0.4, 0.5) is 0 Å². The molecule has 4 nitrogen and oxygen atoms in total. The zero-order valence-corrected chi connectivity index (χ0v) is 18.3. The zero-order chi connectivity index (χ0) is 20.7. The lowest BCUT2D eigenvalue weighted by Crippen LogP contribution is -2.42. The molecule has 0 spiro atoms. The molecule has 1 aliphatic carbocycles. The molecular formula is C26H32N2O2. The van der Waals surface area contributed by atoms with Gasteiger partial charge in [0.15, 0.2) is 11.5 Å². The monoisotopic (exact) mass is 404 g/mol. The molecule has 4 heteroatoms. The van der Waals surface area contributed by atoms with E-state index in [0.717, 1.165) is 17.9 Å². The average Bonchev–Trinajstić information content (AvgIpc) is 2.97. The van der Waals surface area contributed by atoms with Crippen molar-refractivity contribution in [1.29, 1.82) is 0 Å². The second-order valence-corrected chi connectivity index (χ2v) is 8.97. The van der Waals surface area contributed by atoms with Crippen LogP contribution in [0.1, 0.15) is 66.4 Å². The highest BCUT2D eigenvalue weighted by molar-refractivity contribution is 5.86. The van der Waals surface area contributed by atoms with Crippen molar-refractivity contribution in [2.75, 3.05) is 14.2 Å². The van der Waals surface area contributed by atoms with Crippen molar-refractivity contribution in [1.82, 2.24) is 10.3 Å². The zero-order valence-electron chi connectivity index (χ0n) is 18.3. The van der Waals surface area contributed by atoms with E-state index in [4.69, 9.17) is 9.47 Å². The van der Waals surface area contributed by atoms with Crippen LogP contribution in [0.15, 0.2) is 36.4 Å². The number of benzene rings is 2. The predicted molar refractivity (Wildman–Crippen MR) is 122 cm³/mol. The van der Waals surface area contributed by atoms with Gasteiger partial charge < -0.3 is 19.8 Å². The van der Waals surface area contributed by atoms with Crippen molar-refractivity contribution in [3.8, 4) is 11.5 Å². The number of ether oxygens (including phenoxy) is 2. The van der Waals surface area contributed by atoms with Crippen molar-refractivity contribution in [2.45, 2.75) is 63.5 Å². The molecule has 1 saturated carbocycles. The van der Waals surface area contributed by atoms with Gasteiger partial charge in [0, 0.05) is 28.6 Å². The highest BCUT2D eigenvalue weighted by atomic mass is 16.5. The van der Waals surface area contributed by atoms with E-state index in [1.807, 2.05) is 6.07 Å². The van der Waals surface area contributed by atoms with Crippen LogP contribution in [-0.4, -0.2) is 25.2 Å². The van der Waals surface area contributed by atoms with E-state index in [1.165, 1.54) is 59.8 Å². The highest BCUT2D eigenvalue weighted by Gasteiger charge is 2.37. The number of fused-ring (bicyclic) bond motifs is 5. The van der Waals surface area contributed by atoms with E-state index in [2.05, 4.69) is 47.6 Å². The first-order chi connectivity index (χ1) is 14.7. The van der Waals surface area contributed by atoms with Crippen LogP contribution in [0, 0.1) is 6.92 Å². The number of rotatable bonds is 4. The molecule has 3 aromatic rings. The molecule has 2 heterocycles. The maximum atomic E-state index is 5.55. The molecule has 2 aliphatic rings. The molecule has 1 fully saturated rings. The average molecular weight is 405 g/mol. The van der Waals surface area contributed by atoms with E-state index in [1.54, 1.807) is 19.8 Å².